The normalized spacial score (nSPS) is 12.8. The average molecular weight is 180 g/mol. The highest BCUT2D eigenvalue weighted by Gasteiger charge is 2.07. The zero-order valence-electron chi connectivity index (χ0n) is 7.98. The molecule has 0 aromatic carbocycles. The first-order valence-electron chi connectivity index (χ1n) is 4.57. The van der Waals surface area contributed by atoms with Gasteiger partial charge in [0.05, 0.1) is 6.10 Å². The van der Waals surface area contributed by atoms with Gasteiger partial charge in [-0.25, -0.2) is 4.98 Å². The van der Waals surface area contributed by atoms with Gasteiger partial charge in [-0.15, -0.1) is 6.58 Å². The fourth-order valence-electron chi connectivity index (χ4n) is 1.30. The van der Waals surface area contributed by atoms with Gasteiger partial charge in [-0.1, -0.05) is 6.08 Å². The molecule has 3 heteroatoms. The number of aliphatic hydroxyl groups is 1. The van der Waals surface area contributed by atoms with Crippen molar-refractivity contribution in [3.63, 3.8) is 0 Å². The number of aliphatic hydroxyl groups excluding tert-OH is 1. The zero-order chi connectivity index (χ0) is 9.68. The second-order valence-electron chi connectivity index (χ2n) is 3.01. The third-order valence-corrected chi connectivity index (χ3v) is 2.00. The van der Waals surface area contributed by atoms with E-state index in [1.54, 1.807) is 12.3 Å². The Morgan fingerprint density at radius 2 is 2.54 bits per heavy atom. The van der Waals surface area contributed by atoms with Crippen LogP contribution in [0.3, 0.4) is 0 Å². The molecule has 13 heavy (non-hydrogen) atoms. The van der Waals surface area contributed by atoms with E-state index in [-0.39, 0.29) is 6.10 Å². The van der Waals surface area contributed by atoms with E-state index in [1.165, 1.54) is 0 Å². The van der Waals surface area contributed by atoms with Gasteiger partial charge in [0.1, 0.15) is 5.82 Å². The Hall–Kier alpha value is -1.09. The quantitative estimate of drug-likeness (QED) is 0.695. The van der Waals surface area contributed by atoms with E-state index >= 15 is 0 Å². The van der Waals surface area contributed by atoms with Crippen LogP contribution >= 0.6 is 0 Å². The highest BCUT2D eigenvalue weighted by molar-refractivity contribution is 4.94. The van der Waals surface area contributed by atoms with Crippen molar-refractivity contribution in [3.05, 3.63) is 30.9 Å². The molecule has 0 amide bonds. The number of hydrogen-bond acceptors (Lipinski definition) is 2. The van der Waals surface area contributed by atoms with Crippen LogP contribution in [0.5, 0.6) is 0 Å². The minimum atomic E-state index is -0.356. The molecule has 72 valence electrons. The molecule has 1 rings (SSSR count). The smallest absolute Gasteiger partial charge is 0.111 e. The molecule has 0 spiro atoms. The van der Waals surface area contributed by atoms with Crippen LogP contribution in [0.4, 0.5) is 0 Å². The fraction of sp³-hybridized carbons (Fsp3) is 0.500. The van der Waals surface area contributed by atoms with Crippen LogP contribution in [-0.2, 0) is 13.0 Å². The molecule has 3 nitrogen and oxygen atoms in total. The molecule has 1 aromatic rings. The maximum Gasteiger partial charge on any atom is 0.111 e. The third kappa shape index (κ3) is 2.70. The van der Waals surface area contributed by atoms with E-state index in [0.717, 1.165) is 12.4 Å². The predicted octanol–water partition coefficient (Wildman–Crippen LogP) is 1.38. The van der Waals surface area contributed by atoms with E-state index in [9.17, 15) is 5.11 Å². The summed E-state index contributed by atoms with van der Waals surface area (Å²) in [5.41, 5.74) is 0. The molecule has 0 aliphatic heterocycles. The summed E-state index contributed by atoms with van der Waals surface area (Å²) in [4.78, 5) is 4.18. The highest BCUT2D eigenvalue weighted by atomic mass is 16.3. The first kappa shape index (κ1) is 9.99. The van der Waals surface area contributed by atoms with E-state index in [4.69, 9.17) is 0 Å². The van der Waals surface area contributed by atoms with Crippen LogP contribution < -0.4 is 0 Å². The molecular weight excluding hydrogens is 164 g/mol. The molecular formula is C10H16N2O. The molecule has 0 saturated carbocycles. The minimum Gasteiger partial charge on any atom is -0.392 e. The molecule has 0 saturated heterocycles. The lowest BCUT2D eigenvalue weighted by Gasteiger charge is -2.08. The Labute approximate surface area is 78.7 Å². The number of rotatable bonds is 5. The molecule has 0 bridgehead atoms. The van der Waals surface area contributed by atoms with E-state index in [0.29, 0.717) is 12.8 Å². The molecule has 1 atom stereocenters. The summed E-state index contributed by atoms with van der Waals surface area (Å²) in [6, 6.07) is 0. The van der Waals surface area contributed by atoms with Crippen LogP contribution in [0.25, 0.3) is 0 Å². The Bertz CT molecular complexity index is 268. The summed E-state index contributed by atoms with van der Waals surface area (Å²) < 4.78 is 2.03. The first-order chi connectivity index (χ1) is 6.27. The Morgan fingerprint density at radius 3 is 3.15 bits per heavy atom. The maximum atomic E-state index is 9.52. The Morgan fingerprint density at radius 1 is 1.77 bits per heavy atom. The van der Waals surface area contributed by atoms with E-state index < -0.39 is 0 Å². The lowest BCUT2D eigenvalue weighted by molar-refractivity contribution is 0.174. The predicted molar refractivity (Wildman–Crippen MR) is 52.4 cm³/mol. The van der Waals surface area contributed by atoms with Crippen molar-refractivity contribution >= 4 is 0 Å². The SMILES string of the molecule is C=CCC(O)Cc1nccn1CC. The van der Waals surface area contributed by atoms with Crippen molar-refractivity contribution in [3.8, 4) is 0 Å². The monoisotopic (exact) mass is 180 g/mol. The van der Waals surface area contributed by atoms with Crippen LogP contribution in [-0.4, -0.2) is 20.8 Å². The molecule has 1 aromatic heterocycles. The highest BCUT2D eigenvalue weighted by Crippen LogP contribution is 2.04. The molecule has 0 radical (unpaired) electrons. The average Bonchev–Trinajstić information content (AvgIpc) is 2.52. The summed E-state index contributed by atoms with van der Waals surface area (Å²) in [5, 5.41) is 9.52. The van der Waals surface area contributed by atoms with Gasteiger partial charge in [0.25, 0.3) is 0 Å². The number of hydrogen-bond donors (Lipinski definition) is 1. The standard InChI is InChI=1S/C10H16N2O/c1-3-5-9(13)8-10-11-6-7-12(10)4-2/h3,6-7,9,13H,1,4-5,8H2,2H3. The summed E-state index contributed by atoms with van der Waals surface area (Å²) >= 11 is 0. The third-order valence-electron chi connectivity index (χ3n) is 2.00. The Kier molecular flexibility index (Phi) is 3.71. The second kappa shape index (κ2) is 4.82. The van der Waals surface area contributed by atoms with E-state index in [1.807, 2.05) is 10.8 Å². The van der Waals surface area contributed by atoms with Crippen molar-refractivity contribution in [1.82, 2.24) is 9.55 Å². The molecule has 0 aliphatic carbocycles. The van der Waals surface area contributed by atoms with Gasteiger partial charge in [0.15, 0.2) is 0 Å². The fourth-order valence-corrected chi connectivity index (χ4v) is 1.30. The number of aromatic nitrogens is 2. The number of aryl methyl sites for hydroxylation is 1. The minimum absolute atomic E-state index is 0.356. The number of nitrogens with zero attached hydrogens (tertiary/aromatic N) is 2. The molecule has 1 unspecified atom stereocenters. The first-order valence-corrected chi connectivity index (χ1v) is 4.57. The van der Waals surface area contributed by atoms with Crippen molar-refractivity contribution in [1.29, 1.82) is 0 Å². The van der Waals surface area contributed by atoms with Gasteiger partial charge in [-0.3, -0.25) is 0 Å². The molecule has 0 fully saturated rings. The lowest BCUT2D eigenvalue weighted by Crippen LogP contribution is -2.13. The van der Waals surface area contributed by atoms with Gasteiger partial charge in [-0.05, 0) is 13.3 Å². The summed E-state index contributed by atoms with van der Waals surface area (Å²) in [7, 11) is 0. The molecule has 0 aliphatic rings. The van der Waals surface area contributed by atoms with Crippen LogP contribution in [0, 0.1) is 0 Å². The van der Waals surface area contributed by atoms with Gasteiger partial charge < -0.3 is 9.67 Å². The summed E-state index contributed by atoms with van der Waals surface area (Å²) in [5.74, 6) is 0.942. The van der Waals surface area contributed by atoms with E-state index in [2.05, 4.69) is 18.5 Å². The van der Waals surface area contributed by atoms with Crippen LogP contribution in [0.1, 0.15) is 19.2 Å². The molecule has 1 N–H and O–H groups in total. The van der Waals surface area contributed by atoms with Crippen molar-refractivity contribution < 1.29 is 5.11 Å². The number of imidazole rings is 1. The maximum absolute atomic E-state index is 9.52. The van der Waals surface area contributed by atoms with Crippen LogP contribution in [0.2, 0.25) is 0 Å². The van der Waals surface area contributed by atoms with Gasteiger partial charge in [0, 0.05) is 25.4 Å². The van der Waals surface area contributed by atoms with Crippen LogP contribution in [0.15, 0.2) is 25.0 Å². The summed E-state index contributed by atoms with van der Waals surface area (Å²) in [6.45, 7) is 6.54. The Balaban J connectivity index is 2.57. The van der Waals surface area contributed by atoms with Gasteiger partial charge >= 0.3 is 0 Å². The topological polar surface area (TPSA) is 38.1 Å². The van der Waals surface area contributed by atoms with Crippen molar-refractivity contribution in [2.75, 3.05) is 0 Å². The van der Waals surface area contributed by atoms with Crippen molar-refractivity contribution in [2.24, 2.45) is 0 Å². The summed E-state index contributed by atoms with van der Waals surface area (Å²) in [6.07, 6.45) is 6.29. The van der Waals surface area contributed by atoms with Gasteiger partial charge in [-0.2, -0.15) is 0 Å². The van der Waals surface area contributed by atoms with Gasteiger partial charge in [0.2, 0.25) is 0 Å². The van der Waals surface area contributed by atoms with Crippen molar-refractivity contribution in [2.45, 2.75) is 32.4 Å². The largest absolute Gasteiger partial charge is 0.392 e. The second-order valence-corrected chi connectivity index (χ2v) is 3.01. The zero-order valence-corrected chi connectivity index (χ0v) is 7.98. The molecule has 1 heterocycles. The lowest BCUT2D eigenvalue weighted by atomic mass is 10.2.